The molecular weight excluding hydrogens is 296 g/mol. The van der Waals surface area contributed by atoms with Gasteiger partial charge in [-0.3, -0.25) is 0 Å². The lowest BCUT2D eigenvalue weighted by atomic mass is 9.74. The Balaban J connectivity index is 1.97. The summed E-state index contributed by atoms with van der Waals surface area (Å²) >= 11 is 0. The number of fused-ring (bicyclic) bond motifs is 1. The Hall–Kier alpha value is -1.43. The molecule has 124 valence electrons. The minimum atomic E-state index is -1.11. The van der Waals surface area contributed by atoms with Crippen molar-refractivity contribution in [3.63, 3.8) is 0 Å². The first kappa shape index (κ1) is 15.1. The Labute approximate surface area is 135 Å². The number of hydrogen-bond donors (Lipinski definition) is 1. The van der Waals surface area contributed by atoms with Gasteiger partial charge in [-0.05, 0) is 37.8 Å². The Kier molecular flexibility index (Phi) is 2.73. The first-order valence-electron chi connectivity index (χ1n) is 8.00. The lowest BCUT2D eigenvalue weighted by molar-refractivity contribution is -0.189. The van der Waals surface area contributed by atoms with E-state index in [1.165, 1.54) is 0 Å². The Bertz CT molecular complexity index is 662. The molecule has 2 heterocycles. The van der Waals surface area contributed by atoms with Gasteiger partial charge in [-0.2, -0.15) is 0 Å². The minimum absolute atomic E-state index is 0.180. The van der Waals surface area contributed by atoms with Crippen molar-refractivity contribution >= 4 is 5.97 Å². The summed E-state index contributed by atoms with van der Waals surface area (Å²) in [5, 5.41) is 10.5. The quantitative estimate of drug-likeness (QED) is 0.420. The molecule has 0 radical (unpaired) electrons. The van der Waals surface area contributed by atoms with Crippen LogP contribution in [0, 0.1) is 5.92 Å². The fourth-order valence-electron chi connectivity index (χ4n) is 4.93. The highest BCUT2D eigenvalue weighted by Gasteiger charge is 2.77. The molecule has 5 heteroatoms. The van der Waals surface area contributed by atoms with E-state index in [1.807, 2.05) is 13.8 Å². The number of esters is 1. The van der Waals surface area contributed by atoms with E-state index in [0.717, 1.165) is 5.57 Å². The van der Waals surface area contributed by atoms with E-state index in [9.17, 15) is 9.90 Å². The summed E-state index contributed by atoms with van der Waals surface area (Å²) in [7, 11) is 0. The van der Waals surface area contributed by atoms with Crippen molar-refractivity contribution in [1.82, 2.24) is 0 Å². The van der Waals surface area contributed by atoms with E-state index in [4.69, 9.17) is 14.2 Å². The van der Waals surface area contributed by atoms with Crippen molar-refractivity contribution < 1.29 is 24.1 Å². The van der Waals surface area contributed by atoms with Crippen LogP contribution in [-0.2, 0) is 19.0 Å². The molecule has 2 aliphatic carbocycles. The SMILES string of the molecule is C=C1C(=O)O[C@H]2[C@H]1CCC(=C)[C@]13C[C@@H](O)C(=C)[C@]21OC(C)(C)O3. The summed E-state index contributed by atoms with van der Waals surface area (Å²) < 4.78 is 18.3. The Morgan fingerprint density at radius 1 is 1.22 bits per heavy atom. The fourth-order valence-corrected chi connectivity index (χ4v) is 4.93. The van der Waals surface area contributed by atoms with E-state index in [-0.39, 0.29) is 5.92 Å². The fraction of sp³-hybridized carbons (Fsp3) is 0.611. The maximum atomic E-state index is 12.1. The normalized spacial score (nSPS) is 47.9. The van der Waals surface area contributed by atoms with Crippen molar-refractivity contribution in [3.8, 4) is 0 Å². The monoisotopic (exact) mass is 318 g/mol. The van der Waals surface area contributed by atoms with Crippen molar-refractivity contribution in [3.05, 3.63) is 36.5 Å². The zero-order valence-electron chi connectivity index (χ0n) is 13.6. The van der Waals surface area contributed by atoms with E-state index in [1.54, 1.807) is 0 Å². The van der Waals surface area contributed by atoms with Crippen LogP contribution in [0.5, 0.6) is 0 Å². The maximum Gasteiger partial charge on any atom is 0.334 e. The molecule has 0 aromatic heterocycles. The van der Waals surface area contributed by atoms with Crippen LogP contribution in [0.25, 0.3) is 0 Å². The lowest BCUT2D eigenvalue weighted by Crippen LogP contribution is -2.57. The van der Waals surface area contributed by atoms with E-state index >= 15 is 0 Å². The summed E-state index contributed by atoms with van der Waals surface area (Å²) in [6.07, 6.45) is 0.315. The standard InChI is InChI=1S/C18H22O5/c1-9-6-7-12-10(2)15(20)21-14(12)18-11(3)13(19)8-17(9,18)22-16(4,5)23-18/h12-14,19H,1-3,6-8H2,4-5H3/t12-,13+,14-,17+,18-/m0/s1. The Morgan fingerprint density at radius 3 is 2.61 bits per heavy atom. The maximum absolute atomic E-state index is 12.1. The average molecular weight is 318 g/mol. The van der Waals surface area contributed by atoms with E-state index in [2.05, 4.69) is 19.7 Å². The molecule has 5 atom stereocenters. The van der Waals surface area contributed by atoms with Crippen LogP contribution in [0.1, 0.15) is 33.1 Å². The Morgan fingerprint density at radius 2 is 1.91 bits per heavy atom. The van der Waals surface area contributed by atoms with Crippen molar-refractivity contribution in [1.29, 1.82) is 0 Å². The molecule has 0 bridgehead atoms. The number of hydrogen-bond acceptors (Lipinski definition) is 5. The molecule has 2 saturated carbocycles. The molecular formula is C18H22O5. The smallest absolute Gasteiger partial charge is 0.334 e. The number of carbonyl (C=O) groups excluding carboxylic acids is 1. The molecule has 23 heavy (non-hydrogen) atoms. The van der Waals surface area contributed by atoms with Gasteiger partial charge in [0.05, 0.1) is 6.10 Å². The summed E-state index contributed by atoms with van der Waals surface area (Å²) in [5.74, 6) is -1.47. The van der Waals surface area contributed by atoms with Crippen molar-refractivity contribution in [2.24, 2.45) is 5.92 Å². The second-order valence-electron chi connectivity index (χ2n) is 7.51. The largest absolute Gasteiger partial charge is 0.455 e. The van der Waals surface area contributed by atoms with Crippen LogP contribution >= 0.6 is 0 Å². The molecule has 2 aliphatic heterocycles. The highest BCUT2D eigenvalue weighted by Crippen LogP contribution is 2.65. The van der Waals surface area contributed by atoms with Gasteiger partial charge in [-0.1, -0.05) is 19.7 Å². The van der Waals surface area contributed by atoms with Crippen molar-refractivity contribution in [2.75, 3.05) is 0 Å². The third kappa shape index (κ3) is 1.55. The number of ether oxygens (including phenoxy) is 3. The number of aliphatic hydroxyl groups excluding tert-OH is 1. The van der Waals surface area contributed by atoms with Gasteiger partial charge in [0.15, 0.2) is 11.4 Å². The number of rotatable bonds is 0. The number of aliphatic hydroxyl groups is 1. The summed E-state index contributed by atoms with van der Waals surface area (Å²) in [4.78, 5) is 12.1. The molecule has 0 aromatic rings. The first-order valence-corrected chi connectivity index (χ1v) is 8.00. The van der Waals surface area contributed by atoms with Crippen LogP contribution < -0.4 is 0 Å². The second kappa shape index (κ2) is 4.15. The molecule has 0 amide bonds. The van der Waals surface area contributed by atoms with E-state index < -0.39 is 35.2 Å². The molecule has 4 fully saturated rings. The average Bonchev–Trinajstić information content (AvgIpc) is 2.93. The molecule has 1 N–H and O–H groups in total. The molecule has 4 rings (SSSR count). The summed E-state index contributed by atoms with van der Waals surface area (Å²) in [6, 6.07) is 0. The molecule has 0 aromatic carbocycles. The van der Waals surface area contributed by atoms with Gasteiger partial charge in [0.1, 0.15) is 11.7 Å². The zero-order valence-corrected chi connectivity index (χ0v) is 13.6. The van der Waals surface area contributed by atoms with Crippen molar-refractivity contribution in [2.45, 2.75) is 62.3 Å². The van der Waals surface area contributed by atoms with Crippen LogP contribution in [-0.4, -0.2) is 40.3 Å². The molecule has 0 unspecified atom stereocenters. The highest BCUT2D eigenvalue weighted by atomic mass is 16.8. The van der Waals surface area contributed by atoms with Crippen LogP contribution in [0.4, 0.5) is 0 Å². The van der Waals surface area contributed by atoms with Gasteiger partial charge in [-0.25, -0.2) is 4.79 Å². The molecule has 5 nitrogen and oxygen atoms in total. The number of carbonyl (C=O) groups is 1. The molecule has 0 spiro atoms. The highest BCUT2D eigenvalue weighted by molar-refractivity contribution is 5.91. The predicted molar refractivity (Wildman–Crippen MR) is 82.4 cm³/mol. The predicted octanol–water partition coefficient (Wildman–Crippen LogP) is 2.02. The summed E-state index contributed by atoms with van der Waals surface area (Å²) in [6.45, 7) is 15.8. The van der Waals surface area contributed by atoms with Crippen LogP contribution in [0.2, 0.25) is 0 Å². The van der Waals surface area contributed by atoms with Gasteiger partial charge < -0.3 is 19.3 Å². The van der Waals surface area contributed by atoms with Crippen LogP contribution in [0.15, 0.2) is 36.5 Å². The minimum Gasteiger partial charge on any atom is -0.455 e. The van der Waals surface area contributed by atoms with Gasteiger partial charge in [0.2, 0.25) is 0 Å². The van der Waals surface area contributed by atoms with Gasteiger partial charge in [-0.15, -0.1) is 0 Å². The summed E-state index contributed by atoms with van der Waals surface area (Å²) in [5.41, 5.74) is -0.209. The van der Waals surface area contributed by atoms with Gasteiger partial charge in [0, 0.05) is 17.9 Å². The topological polar surface area (TPSA) is 65.0 Å². The zero-order chi connectivity index (χ0) is 16.8. The molecule has 2 saturated heterocycles. The van der Waals surface area contributed by atoms with Crippen LogP contribution in [0.3, 0.4) is 0 Å². The van der Waals surface area contributed by atoms with Gasteiger partial charge in [0.25, 0.3) is 0 Å². The van der Waals surface area contributed by atoms with E-state index in [0.29, 0.717) is 30.4 Å². The third-order valence-electron chi connectivity index (χ3n) is 5.82. The lowest BCUT2D eigenvalue weighted by Gasteiger charge is -2.41. The first-order chi connectivity index (χ1) is 10.6. The molecule has 4 aliphatic rings. The third-order valence-corrected chi connectivity index (χ3v) is 5.82. The van der Waals surface area contributed by atoms with Gasteiger partial charge >= 0.3 is 5.97 Å². The second-order valence-corrected chi connectivity index (χ2v) is 7.51.